The number of fused-ring (bicyclic) bond motifs is 1. The molecule has 2 aliphatic rings. The molecule has 108 valence electrons. The number of amides is 1. The van der Waals surface area contributed by atoms with Gasteiger partial charge in [0.1, 0.15) is 0 Å². The molecule has 1 amide bonds. The molecule has 2 unspecified atom stereocenters. The van der Waals surface area contributed by atoms with Crippen LogP contribution in [0.25, 0.3) is 0 Å². The second-order valence-electron chi connectivity index (χ2n) is 6.19. The topological polar surface area (TPSA) is 41.1 Å². The van der Waals surface area contributed by atoms with Gasteiger partial charge in [-0.25, -0.2) is 0 Å². The maximum Gasteiger partial charge on any atom is 0.229 e. The molecule has 1 heterocycles. The van der Waals surface area contributed by atoms with Gasteiger partial charge in [0, 0.05) is 18.6 Å². The Hall–Kier alpha value is -1.35. The van der Waals surface area contributed by atoms with Crippen molar-refractivity contribution in [2.75, 3.05) is 0 Å². The van der Waals surface area contributed by atoms with E-state index in [1.165, 1.54) is 30.4 Å². The van der Waals surface area contributed by atoms with Crippen molar-refractivity contribution in [1.82, 2.24) is 10.6 Å². The minimum atomic E-state index is -0.0538. The molecule has 0 saturated heterocycles. The first kappa shape index (κ1) is 13.6. The summed E-state index contributed by atoms with van der Waals surface area (Å²) < 4.78 is 0. The van der Waals surface area contributed by atoms with Crippen molar-refractivity contribution < 1.29 is 4.79 Å². The molecule has 0 radical (unpaired) electrons. The van der Waals surface area contributed by atoms with E-state index >= 15 is 0 Å². The Kier molecular flexibility index (Phi) is 4.06. The molecule has 1 aliphatic carbocycles. The molecule has 1 fully saturated rings. The maximum absolute atomic E-state index is 12.7. The summed E-state index contributed by atoms with van der Waals surface area (Å²) in [5.74, 6) is 0.144. The van der Waals surface area contributed by atoms with Crippen molar-refractivity contribution in [2.45, 2.75) is 63.6 Å². The summed E-state index contributed by atoms with van der Waals surface area (Å²) in [5, 5.41) is 6.73. The molecule has 1 aliphatic heterocycles. The fourth-order valence-corrected chi connectivity index (χ4v) is 3.56. The molecule has 0 spiro atoms. The number of rotatable bonds is 2. The second-order valence-corrected chi connectivity index (χ2v) is 6.19. The number of carbonyl (C=O) groups excluding carboxylic acids is 1. The van der Waals surface area contributed by atoms with Crippen LogP contribution in [0.15, 0.2) is 24.3 Å². The van der Waals surface area contributed by atoms with Crippen LogP contribution in [0.4, 0.5) is 0 Å². The molecule has 0 aromatic heterocycles. The van der Waals surface area contributed by atoms with Gasteiger partial charge in [0.2, 0.25) is 5.91 Å². The highest BCUT2D eigenvalue weighted by Gasteiger charge is 2.32. The highest BCUT2D eigenvalue weighted by molar-refractivity contribution is 5.85. The SMILES string of the molecule is CC1NCc2ccccc2C1C(=O)NC1CCCCC1. The smallest absolute Gasteiger partial charge is 0.229 e. The largest absolute Gasteiger partial charge is 0.353 e. The van der Waals surface area contributed by atoms with Gasteiger partial charge < -0.3 is 10.6 Å². The van der Waals surface area contributed by atoms with Crippen LogP contribution in [-0.4, -0.2) is 18.0 Å². The number of benzene rings is 1. The Labute approximate surface area is 121 Å². The van der Waals surface area contributed by atoms with Gasteiger partial charge in [0.15, 0.2) is 0 Å². The molecule has 20 heavy (non-hydrogen) atoms. The zero-order chi connectivity index (χ0) is 13.9. The van der Waals surface area contributed by atoms with E-state index in [1.54, 1.807) is 0 Å². The lowest BCUT2D eigenvalue weighted by Crippen LogP contribution is -2.47. The molecule has 1 saturated carbocycles. The first-order chi connectivity index (χ1) is 9.75. The van der Waals surface area contributed by atoms with Gasteiger partial charge in [0.25, 0.3) is 0 Å². The molecule has 2 N–H and O–H groups in total. The van der Waals surface area contributed by atoms with Crippen molar-refractivity contribution >= 4 is 5.91 Å². The summed E-state index contributed by atoms with van der Waals surface area (Å²) in [5.41, 5.74) is 2.46. The standard InChI is InChI=1S/C17H24N2O/c1-12-16(15-10-6-5-7-13(15)11-18-12)17(20)19-14-8-3-2-4-9-14/h5-7,10,12,14,16,18H,2-4,8-9,11H2,1H3,(H,19,20). The predicted molar refractivity (Wildman–Crippen MR) is 80.5 cm³/mol. The van der Waals surface area contributed by atoms with Crippen LogP contribution >= 0.6 is 0 Å². The van der Waals surface area contributed by atoms with Crippen LogP contribution in [0, 0.1) is 0 Å². The van der Waals surface area contributed by atoms with Gasteiger partial charge in [-0.2, -0.15) is 0 Å². The average Bonchev–Trinajstić information content (AvgIpc) is 2.48. The highest BCUT2D eigenvalue weighted by Crippen LogP contribution is 2.29. The summed E-state index contributed by atoms with van der Waals surface area (Å²) in [6, 6.07) is 8.91. The number of hydrogen-bond donors (Lipinski definition) is 2. The quantitative estimate of drug-likeness (QED) is 0.869. The third kappa shape index (κ3) is 2.73. The third-order valence-corrected chi connectivity index (χ3v) is 4.74. The molecule has 2 atom stereocenters. The van der Waals surface area contributed by atoms with Gasteiger partial charge in [-0.1, -0.05) is 43.5 Å². The van der Waals surface area contributed by atoms with E-state index < -0.39 is 0 Å². The average molecular weight is 272 g/mol. The van der Waals surface area contributed by atoms with E-state index in [9.17, 15) is 4.79 Å². The normalized spacial score (nSPS) is 26.9. The van der Waals surface area contributed by atoms with Crippen LogP contribution in [0.1, 0.15) is 56.1 Å². The number of nitrogens with one attached hydrogen (secondary N) is 2. The van der Waals surface area contributed by atoms with E-state index in [0.29, 0.717) is 6.04 Å². The molecular weight excluding hydrogens is 248 g/mol. The Morgan fingerprint density at radius 2 is 1.95 bits per heavy atom. The van der Waals surface area contributed by atoms with Gasteiger partial charge >= 0.3 is 0 Å². The Morgan fingerprint density at radius 1 is 1.20 bits per heavy atom. The number of hydrogen-bond acceptors (Lipinski definition) is 2. The zero-order valence-electron chi connectivity index (χ0n) is 12.2. The maximum atomic E-state index is 12.7. The molecule has 3 heteroatoms. The molecule has 1 aromatic carbocycles. The first-order valence-corrected chi connectivity index (χ1v) is 7.87. The summed E-state index contributed by atoms with van der Waals surface area (Å²) in [4.78, 5) is 12.7. The fraction of sp³-hybridized carbons (Fsp3) is 0.588. The summed E-state index contributed by atoms with van der Waals surface area (Å²) >= 11 is 0. The van der Waals surface area contributed by atoms with E-state index in [2.05, 4.69) is 29.7 Å². The van der Waals surface area contributed by atoms with Crippen molar-refractivity contribution in [3.05, 3.63) is 35.4 Å². The first-order valence-electron chi connectivity index (χ1n) is 7.87. The summed E-state index contributed by atoms with van der Waals surface area (Å²) in [7, 11) is 0. The minimum absolute atomic E-state index is 0.0538. The zero-order valence-corrected chi connectivity index (χ0v) is 12.2. The third-order valence-electron chi connectivity index (χ3n) is 4.74. The Bertz CT molecular complexity index is 480. The van der Waals surface area contributed by atoms with Crippen LogP contribution in [-0.2, 0) is 11.3 Å². The molecule has 1 aromatic rings. The van der Waals surface area contributed by atoms with E-state index in [0.717, 1.165) is 19.4 Å². The molecule has 3 rings (SSSR count). The van der Waals surface area contributed by atoms with Gasteiger partial charge in [-0.05, 0) is 30.9 Å². The lowest BCUT2D eigenvalue weighted by Gasteiger charge is -2.33. The summed E-state index contributed by atoms with van der Waals surface area (Å²) in [6.45, 7) is 2.98. The second kappa shape index (κ2) is 5.96. The van der Waals surface area contributed by atoms with Crippen molar-refractivity contribution in [3.8, 4) is 0 Å². The van der Waals surface area contributed by atoms with Crippen LogP contribution in [0.5, 0.6) is 0 Å². The fourth-order valence-electron chi connectivity index (χ4n) is 3.56. The highest BCUT2D eigenvalue weighted by atomic mass is 16.2. The van der Waals surface area contributed by atoms with E-state index in [4.69, 9.17) is 0 Å². The van der Waals surface area contributed by atoms with E-state index in [-0.39, 0.29) is 17.9 Å². The Balaban J connectivity index is 1.76. The van der Waals surface area contributed by atoms with E-state index in [1.807, 2.05) is 12.1 Å². The molecular formula is C17H24N2O. The lowest BCUT2D eigenvalue weighted by atomic mass is 9.84. The number of carbonyl (C=O) groups is 1. The van der Waals surface area contributed by atoms with Crippen molar-refractivity contribution in [1.29, 1.82) is 0 Å². The van der Waals surface area contributed by atoms with Crippen LogP contribution in [0.3, 0.4) is 0 Å². The molecule has 3 nitrogen and oxygen atoms in total. The van der Waals surface area contributed by atoms with Gasteiger partial charge in [-0.3, -0.25) is 4.79 Å². The summed E-state index contributed by atoms with van der Waals surface area (Å²) in [6.07, 6.45) is 6.10. The van der Waals surface area contributed by atoms with Crippen LogP contribution in [0.2, 0.25) is 0 Å². The molecule has 0 bridgehead atoms. The van der Waals surface area contributed by atoms with Gasteiger partial charge in [-0.15, -0.1) is 0 Å². The Morgan fingerprint density at radius 3 is 2.75 bits per heavy atom. The van der Waals surface area contributed by atoms with Crippen molar-refractivity contribution in [2.24, 2.45) is 0 Å². The van der Waals surface area contributed by atoms with Crippen LogP contribution < -0.4 is 10.6 Å². The minimum Gasteiger partial charge on any atom is -0.353 e. The lowest BCUT2D eigenvalue weighted by molar-refractivity contribution is -0.124. The monoisotopic (exact) mass is 272 g/mol. The van der Waals surface area contributed by atoms with Crippen molar-refractivity contribution in [3.63, 3.8) is 0 Å². The predicted octanol–water partition coefficient (Wildman–Crippen LogP) is 2.71. The van der Waals surface area contributed by atoms with Gasteiger partial charge in [0.05, 0.1) is 5.92 Å².